The molecule has 0 saturated heterocycles. The van der Waals surface area contributed by atoms with Crippen LogP contribution in [0.2, 0.25) is 0 Å². The maximum atomic E-state index is 9.63. The molecule has 3 heteroatoms. The van der Waals surface area contributed by atoms with Crippen molar-refractivity contribution < 1.29 is 14.6 Å². The first kappa shape index (κ1) is 12.8. The summed E-state index contributed by atoms with van der Waals surface area (Å²) in [6.45, 7) is 2.96. The zero-order chi connectivity index (χ0) is 12.0. The Hall–Kier alpha value is -1.22. The van der Waals surface area contributed by atoms with E-state index in [0.717, 1.165) is 25.0 Å². The summed E-state index contributed by atoms with van der Waals surface area (Å²) in [6, 6.07) is 5.55. The number of phenols is 1. The van der Waals surface area contributed by atoms with Crippen LogP contribution in [0, 0.1) is 5.92 Å². The quantitative estimate of drug-likeness (QED) is 0.807. The van der Waals surface area contributed by atoms with E-state index in [9.17, 15) is 5.11 Å². The minimum absolute atomic E-state index is 0.207. The summed E-state index contributed by atoms with van der Waals surface area (Å²) in [5.74, 6) is 1.28. The zero-order valence-electron chi connectivity index (χ0n) is 10.2. The van der Waals surface area contributed by atoms with Gasteiger partial charge in [0.05, 0.1) is 7.11 Å². The number of methoxy groups -OCH3 is 2. The van der Waals surface area contributed by atoms with Crippen molar-refractivity contribution in [3.63, 3.8) is 0 Å². The number of phenolic OH excluding ortho intramolecular Hbond substituents is 1. The lowest BCUT2D eigenvalue weighted by molar-refractivity contribution is 0.180. The maximum absolute atomic E-state index is 9.63. The molecule has 0 fully saturated rings. The summed E-state index contributed by atoms with van der Waals surface area (Å²) in [6.07, 6.45) is 1.98. The Balaban J connectivity index is 2.57. The highest BCUT2D eigenvalue weighted by Gasteiger charge is 2.06. The minimum Gasteiger partial charge on any atom is -0.504 e. The van der Waals surface area contributed by atoms with Gasteiger partial charge in [0.2, 0.25) is 0 Å². The first-order valence-corrected chi connectivity index (χ1v) is 5.52. The predicted octanol–water partition coefficient (Wildman–Crippen LogP) is 2.62. The maximum Gasteiger partial charge on any atom is 0.160 e. The molecule has 0 heterocycles. The Morgan fingerprint density at radius 1 is 1.31 bits per heavy atom. The fourth-order valence-corrected chi connectivity index (χ4v) is 1.69. The Morgan fingerprint density at radius 2 is 2.06 bits per heavy atom. The molecule has 1 N–H and O–H groups in total. The molecule has 16 heavy (non-hydrogen) atoms. The van der Waals surface area contributed by atoms with Gasteiger partial charge in [0.25, 0.3) is 0 Å². The first-order valence-electron chi connectivity index (χ1n) is 5.52. The molecule has 0 aromatic heterocycles. The van der Waals surface area contributed by atoms with Crippen LogP contribution >= 0.6 is 0 Å². The van der Waals surface area contributed by atoms with E-state index in [1.165, 1.54) is 0 Å². The van der Waals surface area contributed by atoms with Gasteiger partial charge in [-0.25, -0.2) is 0 Å². The van der Waals surface area contributed by atoms with E-state index in [1.54, 1.807) is 26.4 Å². The number of ether oxygens (including phenoxy) is 2. The van der Waals surface area contributed by atoms with Crippen molar-refractivity contribution in [3.8, 4) is 11.5 Å². The summed E-state index contributed by atoms with van der Waals surface area (Å²) >= 11 is 0. The molecule has 0 aliphatic carbocycles. The van der Waals surface area contributed by atoms with E-state index in [0.29, 0.717) is 11.7 Å². The molecule has 90 valence electrons. The van der Waals surface area contributed by atoms with Gasteiger partial charge in [-0.1, -0.05) is 13.0 Å². The Labute approximate surface area is 97.0 Å². The third-order valence-electron chi connectivity index (χ3n) is 2.64. The van der Waals surface area contributed by atoms with E-state index in [4.69, 9.17) is 9.47 Å². The minimum atomic E-state index is 0.207. The molecule has 0 aliphatic heterocycles. The van der Waals surface area contributed by atoms with Gasteiger partial charge >= 0.3 is 0 Å². The molecule has 0 bridgehead atoms. The average molecular weight is 224 g/mol. The smallest absolute Gasteiger partial charge is 0.160 e. The van der Waals surface area contributed by atoms with Crippen molar-refractivity contribution in [2.45, 2.75) is 19.8 Å². The molecule has 1 aromatic carbocycles. The van der Waals surface area contributed by atoms with Crippen LogP contribution in [-0.2, 0) is 11.2 Å². The van der Waals surface area contributed by atoms with Gasteiger partial charge in [0.1, 0.15) is 0 Å². The molecule has 0 amide bonds. The van der Waals surface area contributed by atoms with Crippen LogP contribution in [0.4, 0.5) is 0 Å². The monoisotopic (exact) mass is 224 g/mol. The number of aromatic hydroxyl groups is 1. The van der Waals surface area contributed by atoms with Crippen molar-refractivity contribution in [1.29, 1.82) is 0 Å². The van der Waals surface area contributed by atoms with Crippen molar-refractivity contribution in [1.82, 2.24) is 0 Å². The van der Waals surface area contributed by atoms with Crippen LogP contribution in [0.25, 0.3) is 0 Å². The molecule has 0 radical (unpaired) electrons. The zero-order valence-corrected chi connectivity index (χ0v) is 10.2. The summed E-state index contributed by atoms with van der Waals surface area (Å²) in [4.78, 5) is 0. The molecule has 1 rings (SSSR count). The van der Waals surface area contributed by atoms with Crippen LogP contribution in [0.3, 0.4) is 0 Å². The summed E-state index contributed by atoms with van der Waals surface area (Å²) in [5.41, 5.74) is 1.13. The lowest BCUT2D eigenvalue weighted by atomic mass is 9.98. The summed E-state index contributed by atoms with van der Waals surface area (Å²) in [5, 5.41) is 9.63. The van der Waals surface area contributed by atoms with E-state index in [1.807, 2.05) is 6.07 Å². The summed E-state index contributed by atoms with van der Waals surface area (Å²) in [7, 11) is 3.27. The van der Waals surface area contributed by atoms with Gasteiger partial charge in [-0.2, -0.15) is 0 Å². The Kier molecular flexibility index (Phi) is 5.12. The van der Waals surface area contributed by atoms with Crippen LogP contribution in [0.1, 0.15) is 18.9 Å². The van der Waals surface area contributed by atoms with E-state index >= 15 is 0 Å². The number of rotatable bonds is 6. The number of benzene rings is 1. The highest BCUT2D eigenvalue weighted by molar-refractivity contribution is 5.41. The van der Waals surface area contributed by atoms with Gasteiger partial charge in [-0.05, 0) is 36.5 Å². The van der Waals surface area contributed by atoms with Gasteiger partial charge < -0.3 is 14.6 Å². The summed E-state index contributed by atoms with van der Waals surface area (Å²) < 4.78 is 10.0. The van der Waals surface area contributed by atoms with Crippen LogP contribution in [0.5, 0.6) is 11.5 Å². The molecule has 0 aliphatic rings. The molecule has 1 atom stereocenters. The molecular weight excluding hydrogens is 204 g/mol. The van der Waals surface area contributed by atoms with E-state index in [-0.39, 0.29) is 5.75 Å². The second-order valence-corrected chi connectivity index (χ2v) is 4.10. The van der Waals surface area contributed by atoms with Crippen LogP contribution < -0.4 is 4.74 Å². The third-order valence-corrected chi connectivity index (χ3v) is 2.64. The first-order chi connectivity index (χ1) is 7.67. The van der Waals surface area contributed by atoms with E-state index < -0.39 is 0 Å². The molecule has 1 aromatic rings. The average Bonchev–Trinajstić information content (AvgIpc) is 2.26. The highest BCUT2D eigenvalue weighted by atomic mass is 16.5. The van der Waals surface area contributed by atoms with Crippen molar-refractivity contribution in [2.75, 3.05) is 20.8 Å². The second kappa shape index (κ2) is 6.38. The SMILES string of the molecule is COCCC(C)Cc1ccc(OC)c(O)c1. The van der Waals surface area contributed by atoms with Gasteiger partial charge in [0.15, 0.2) is 11.5 Å². The molecule has 3 nitrogen and oxygen atoms in total. The van der Waals surface area contributed by atoms with Crippen molar-refractivity contribution in [3.05, 3.63) is 23.8 Å². The number of hydrogen-bond donors (Lipinski definition) is 1. The third kappa shape index (κ3) is 3.74. The Bertz CT molecular complexity index is 323. The number of hydrogen-bond acceptors (Lipinski definition) is 3. The van der Waals surface area contributed by atoms with Crippen molar-refractivity contribution in [2.24, 2.45) is 5.92 Å². The van der Waals surface area contributed by atoms with Crippen LogP contribution in [-0.4, -0.2) is 25.9 Å². The molecule has 1 unspecified atom stereocenters. The highest BCUT2D eigenvalue weighted by Crippen LogP contribution is 2.27. The molecular formula is C13H20O3. The second-order valence-electron chi connectivity index (χ2n) is 4.10. The van der Waals surface area contributed by atoms with Gasteiger partial charge in [0, 0.05) is 13.7 Å². The molecule has 0 saturated carbocycles. The normalized spacial score (nSPS) is 12.4. The van der Waals surface area contributed by atoms with Crippen molar-refractivity contribution >= 4 is 0 Å². The van der Waals surface area contributed by atoms with Gasteiger partial charge in [-0.3, -0.25) is 0 Å². The lowest BCUT2D eigenvalue weighted by Crippen LogP contribution is -2.03. The topological polar surface area (TPSA) is 38.7 Å². The van der Waals surface area contributed by atoms with E-state index in [2.05, 4.69) is 6.92 Å². The van der Waals surface area contributed by atoms with Crippen LogP contribution in [0.15, 0.2) is 18.2 Å². The molecule has 0 spiro atoms. The lowest BCUT2D eigenvalue weighted by Gasteiger charge is -2.11. The largest absolute Gasteiger partial charge is 0.504 e. The fraction of sp³-hybridized carbons (Fsp3) is 0.538. The van der Waals surface area contributed by atoms with Gasteiger partial charge in [-0.15, -0.1) is 0 Å². The predicted molar refractivity (Wildman–Crippen MR) is 64.0 cm³/mol. The Morgan fingerprint density at radius 3 is 2.62 bits per heavy atom. The fourth-order valence-electron chi connectivity index (χ4n) is 1.69. The standard InChI is InChI=1S/C13H20O3/c1-10(6-7-15-2)8-11-4-5-13(16-3)12(14)9-11/h4-5,9-10,14H,6-8H2,1-3H3.